The van der Waals surface area contributed by atoms with E-state index in [4.69, 9.17) is 0 Å². The lowest BCUT2D eigenvalue weighted by Crippen LogP contribution is -2.33. The Morgan fingerprint density at radius 1 is 0.472 bits per heavy atom. The predicted molar refractivity (Wildman–Crippen MR) is 273 cm³/mol. The van der Waals surface area contributed by atoms with Crippen LogP contribution in [0.15, 0.2) is 186 Å². The van der Waals surface area contributed by atoms with Crippen molar-refractivity contribution in [2.24, 2.45) is 0 Å². The van der Waals surface area contributed by atoms with E-state index in [1.807, 2.05) is 72.0 Å². The van der Waals surface area contributed by atoms with Gasteiger partial charge in [0, 0.05) is 59.1 Å². The molecule has 2 aromatic heterocycles. The molecule has 4 amide bonds. The second kappa shape index (κ2) is 26.2. The molecule has 4 N–H and O–H groups in total. The minimum atomic E-state index is -4.27. The first kappa shape index (κ1) is 54.8. The third kappa shape index (κ3) is 18.0. The Hall–Kier alpha value is -8.16. The molecule has 372 valence electrons. The molecule has 7 rings (SSSR count). The van der Waals surface area contributed by atoms with Crippen LogP contribution < -0.4 is 30.4 Å². The van der Waals surface area contributed by atoms with E-state index < -0.39 is 20.2 Å². The van der Waals surface area contributed by atoms with E-state index in [-0.39, 0.29) is 33.4 Å². The van der Waals surface area contributed by atoms with Crippen LogP contribution in [0.3, 0.4) is 0 Å². The van der Waals surface area contributed by atoms with Crippen LogP contribution in [0.2, 0.25) is 0 Å². The number of hydrogen-bond donors (Lipinski definition) is 4. The van der Waals surface area contributed by atoms with Crippen molar-refractivity contribution >= 4 is 72.7 Å². The van der Waals surface area contributed by atoms with E-state index in [2.05, 4.69) is 35.1 Å². The molecule has 0 aliphatic carbocycles. The van der Waals surface area contributed by atoms with Gasteiger partial charge >= 0.3 is 0 Å². The molecule has 0 fully saturated rings. The first-order valence-corrected chi connectivity index (χ1v) is 25.4. The van der Waals surface area contributed by atoms with Gasteiger partial charge in [-0.2, -0.15) is 0 Å². The Labute approximate surface area is 419 Å². The summed E-state index contributed by atoms with van der Waals surface area (Å²) in [5.41, 5.74) is 6.49. The van der Waals surface area contributed by atoms with Gasteiger partial charge in [-0.25, -0.2) is 26.0 Å². The van der Waals surface area contributed by atoms with Crippen LogP contribution in [0.4, 0.5) is 22.7 Å². The van der Waals surface area contributed by atoms with E-state index in [1.54, 1.807) is 103 Å². The summed E-state index contributed by atoms with van der Waals surface area (Å²) in [6.07, 6.45) is 12.7. The van der Waals surface area contributed by atoms with E-state index in [9.17, 15) is 45.1 Å². The van der Waals surface area contributed by atoms with Gasteiger partial charge < -0.3 is 30.4 Å². The zero-order valence-electron chi connectivity index (χ0n) is 39.9. The molecular formula is C54H54N6O10S2. The van der Waals surface area contributed by atoms with Gasteiger partial charge in [0.25, 0.3) is 17.7 Å². The molecule has 0 saturated carbocycles. The van der Waals surface area contributed by atoms with Crippen molar-refractivity contribution < 1.29 is 54.3 Å². The summed E-state index contributed by atoms with van der Waals surface area (Å²) in [4.78, 5) is 50.4. The van der Waals surface area contributed by atoms with Gasteiger partial charge in [-0.3, -0.25) is 19.2 Å². The number of aryl methyl sites for hydroxylation is 4. The number of rotatable bonds is 15. The molecule has 0 unspecified atom stereocenters. The maximum Gasteiger partial charge on any atom is 0.255 e. The van der Waals surface area contributed by atoms with Gasteiger partial charge in [0.15, 0.2) is 24.8 Å². The molecule has 18 heteroatoms. The van der Waals surface area contributed by atoms with Crippen molar-refractivity contribution in [3.63, 3.8) is 0 Å². The molecule has 0 bridgehead atoms. The fourth-order valence-electron chi connectivity index (χ4n) is 6.52. The zero-order valence-corrected chi connectivity index (χ0v) is 41.6. The average molecular weight is 1010 g/mol. The highest BCUT2D eigenvalue weighted by molar-refractivity contribution is 7.86. The Bertz CT molecular complexity index is 3150. The predicted octanol–water partition coefficient (Wildman–Crippen LogP) is 8.29. The van der Waals surface area contributed by atoms with E-state index in [0.717, 1.165) is 42.6 Å². The van der Waals surface area contributed by atoms with Crippen LogP contribution in [-0.4, -0.2) is 49.6 Å². The standard InChI is InChI=1S/C40H38N6O4.2C7H8O3S/c1-3-23-45-25-5-7-35(27-45)43-39(49)31-14-18-33(19-15-31)41-37(47)22-11-29-9-12-30(13-10-29)38(48)42-34-20-16-32(17-21-34)40(50)44-36-8-6-26-46(28-36)24-4-2;2*1-6-2-4-7(5-3-6)11(8,9)10/h5-22,25-28H,3-4,23-24H2,1-2H3,(H2-2,41,42,43,44,47,48,49,50);2*2-5H,1H3,(H,8,9,10)/b22-11+;;. The summed E-state index contributed by atoms with van der Waals surface area (Å²) in [6, 6.07) is 39.2. The van der Waals surface area contributed by atoms with Gasteiger partial charge in [0.1, 0.15) is 44.7 Å². The van der Waals surface area contributed by atoms with Crippen LogP contribution in [0.25, 0.3) is 6.08 Å². The van der Waals surface area contributed by atoms with Gasteiger partial charge in [-0.1, -0.05) is 61.4 Å². The molecule has 0 spiro atoms. The van der Waals surface area contributed by atoms with Crippen LogP contribution in [-0.2, 0) is 38.1 Å². The van der Waals surface area contributed by atoms with Crippen molar-refractivity contribution in [2.45, 2.75) is 63.4 Å². The third-order valence-corrected chi connectivity index (χ3v) is 11.9. The lowest BCUT2D eigenvalue weighted by Gasteiger charge is -2.08. The van der Waals surface area contributed by atoms with Crippen LogP contribution >= 0.6 is 0 Å². The topological polar surface area (TPSA) is 239 Å². The number of anilines is 4. The van der Waals surface area contributed by atoms with Crippen LogP contribution in [0.5, 0.6) is 0 Å². The summed E-state index contributed by atoms with van der Waals surface area (Å²) in [5.74, 6) is -1.12. The third-order valence-electron chi connectivity index (χ3n) is 10.2. The monoisotopic (exact) mass is 1010 g/mol. The Kier molecular flexibility index (Phi) is 19.9. The van der Waals surface area contributed by atoms with Crippen molar-refractivity contribution in [3.05, 3.63) is 210 Å². The van der Waals surface area contributed by atoms with Crippen molar-refractivity contribution in [2.75, 3.05) is 21.3 Å². The molecule has 72 heavy (non-hydrogen) atoms. The summed E-state index contributed by atoms with van der Waals surface area (Å²) in [7, 11) is -8.54. The molecule has 16 nitrogen and oxygen atoms in total. The first-order chi connectivity index (χ1) is 34.3. The quantitative estimate of drug-likeness (QED) is 0.0435. The highest BCUT2D eigenvalue weighted by Crippen LogP contribution is 2.16. The minimum Gasteiger partial charge on any atom is -0.744 e. The maximum atomic E-state index is 12.8. The highest BCUT2D eigenvalue weighted by Gasteiger charge is 2.12. The normalized spacial score (nSPS) is 11.0. The smallest absolute Gasteiger partial charge is 0.255 e. The molecule has 0 atom stereocenters. The molecule has 2 heterocycles. The number of carbonyl (C=O) groups excluding carboxylic acids is 4. The molecule has 0 aliphatic rings. The maximum absolute atomic E-state index is 12.8. The van der Waals surface area contributed by atoms with Crippen molar-refractivity contribution in [3.8, 4) is 0 Å². The SMILES string of the molecule is CCC[n+]1cccc(NC(=O)c2ccc(NC(=O)/C=C/c3ccc(C(=O)Nc4ccc(C(=O)Nc5ccc[n+](CCC)c5)cc4)cc3)cc2)c1.Cc1ccc(S(=O)(=O)[O-])cc1.Cc1ccc(S(=O)(=O)[O-])cc1. The number of nitrogens with zero attached hydrogens (tertiary/aromatic N) is 2. The minimum absolute atomic E-state index is 0.178. The van der Waals surface area contributed by atoms with Gasteiger partial charge in [0.05, 0.1) is 9.79 Å². The number of carbonyl (C=O) groups is 4. The Morgan fingerprint density at radius 2 is 0.819 bits per heavy atom. The second-order valence-electron chi connectivity index (χ2n) is 16.2. The number of hydrogen-bond acceptors (Lipinski definition) is 10. The number of nitrogens with one attached hydrogen (secondary N) is 4. The lowest BCUT2D eigenvalue weighted by molar-refractivity contribution is -0.696. The fraction of sp³-hybridized carbons (Fsp3) is 0.148. The molecule has 5 aromatic carbocycles. The Morgan fingerprint density at radius 3 is 1.18 bits per heavy atom. The van der Waals surface area contributed by atoms with Crippen molar-refractivity contribution in [1.82, 2.24) is 0 Å². The van der Waals surface area contributed by atoms with Gasteiger partial charge in [0.2, 0.25) is 5.91 Å². The van der Waals surface area contributed by atoms with Crippen molar-refractivity contribution in [1.29, 1.82) is 0 Å². The number of aromatic nitrogens is 2. The fourth-order valence-corrected chi connectivity index (χ4v) is 7.46. The van der Waals surface area contributed by atoms with Gasteiger partial charge in [-0.15, -0.1) is 0 Å². The molecule has 0 aliphatic heterocycles. The number of pyridine rings is 2. The number of benzene rings is 5. The first-order valence-electron chi connectivity index (χ1n) is 22.6. The van der Waals surface area contributed by atoms with E-state index in [0.29, 0.717) is 39.4 Å². The number of amides is 4. The summed E-state index contributed by atoms with van der Waals surface area (Å²) in [5, 5.41) is 11.4. The van der Waals surface area contributed by atoms with Crippen LogP contribution in [0, 0.1) is 13.8 Å². The van der Waals surface area contributed by atoms with Gasteiger partial charge in [-0.05, 0) is 123 Å². The van der Waals surface area contributed by atoms with E-state index in [1.165, 1.54) is 30.3 Å². The molecular weight excluding hydrogens is 957 g/mol. The molecule has 0 saturated heterocycles. The zero-order chi connectivity index (χ0) is 52.3. The summed E-state index contributed by atoms with van der Waals surface area (Å²) >= 11 is 0. The molecule has 7 aromatic rings. The molecule has 0 radical (unpaired) electrons. The summed E-state index contributed by atoms with van der Waals surface area (Å²) in [6.45, 7) is 9.56. The highest BCUT2D eigenvalue weighted by atomic mass is 32.2. The second-order valence-corrected chi connectivity index (χ2v) is 18.9. The van der Waals surface area contributed by atoms with E-state index >= 15 is 0 Å². The Balaban J connectivity index is 0.000000357. The lowest BCUT2D eigenvalue weighted by atomic mass is 10.1. The largest absolute Gasteiger partial charge is 0.744 e. The average Bonchev–Trinajstić information content (AvgIpc) is 3.34. The summed E-state index contributed by atoms with van der Waals surface area (Å²) < 4.78 is 66.4. The van der Waals surface area contributed by atoms with Crippen LogP contribution in [0.1, 0.15) is 74.5 Å².